The Kier molecular flexibility index (Phi) is 3.87. The standard InChI is InChI=1S/C16H13BrN2OS/c1-9-3-6-13-14(7-9)19-16(18-13)21-15-8-11(17)4-5-12(15)10(2)20/h3-8H,1-2H3,(H,18,19). The number of nitrogens with zero attached hydrogens (tertiary/aromatic N) is 1. The maximum absolute atomic E-state index is 11.7. The van der Waals surface area contributed by atoms with Crippen LogP contribution in [0.5, 0.6) is 0 Å². The molecule has 0 aliphatic rings. The van der Waals surface area contributed by atoms with Gasteiger partial charge in [0, 0.05) is 14.9 Å². The van der Waals surface area contributed by atoms with E-state index in [-0.39, 0.29) is 5.78 Å². The molecule has 0 radical (unpaired) electrons. The lowest BCUT2D eigenvalue weighted by molar-refractivity contribution is 0.101. The van der Waals surface area contributed by atoms with Gasteiger partial charge in [-0.2, -0.15) is 0 Å². The summed E-state index contributed by atoms with van der Waals surface area (Å²) < 4.78 is 0.946. The third-order valence-electron chi connectivity index (χ3n) is 3.15. The normalized spacial score (nSPS) is 11.0. The topological polar surface area (TPSA) is 45.8 Å². The van der Waals surface area contributed by atoms with Crippen LogP contribution in [0.3, 0.4) is 0 Å². The van der Waals surface area contributed by atoms with Crippen molar-refractivity contribution in [1.29, 1.82) is 0 Å². The fraction of sp³-hybridized carbons (Fsp3) is 0.125. The molecule has 0 atom stereocenters. The molecule has 0 aliphatic heterocycles. The van der Waals surface area contributed by atoms with Gasteiger partial charge in [-0.25, -0.2) is 4.98 Å². The zero-order chi connectivity index (χ0) is 15.0. The summed E-state index contributed by atoms with van der Waals surface area (Å²) in [6.45, 7) is 3.63. The number of Topliss-reactive ketones (excluding diaryl/α,β-unsaturated/α-hetero) is 1. The summed E-state index contributed by atoms with van der Waals surface area (Å²) in [6.07, 6.45) is 0. The minimum absolute atomic E-state index is 0.0527. The molecule has 3 nitrogen and oxygen atoms in total. The van der Waals surface area contributed by atoms with E-state index in [4.69, 9.17) is 0 Å². The number of imidazole rings is 1. The zero-order valence-corrected chi connectivity index (χ0v) is 14.0. The molecule has 3 aromatic rings. The molecule has 1 aromatic heterocycles. The van der Waals surface area contributed by atoms with Gasteiger partial charge in [0.15, 0.2) is 10.9 Å². The molecule has 0 unspecified atom stereocenters. The lowest BCUT2D eigenvalue weighted by atomic mass is 10.1. The SMILES string of the molecule is CC(=O)c1ccc(Br)cc1Sc1nc2ccc(C)cc2[nH]1. The lowest BCUT2D eigenvalue weighted by Crippen LogP contribution is -1.95. The number of halogens is 1. The highest BCUT2D eigenvalue weighted by molar-refractivity contribution is 9.10. The summed E-state index contributed by atoms with van der Waals surface area (Å²) in [5.41, 5.74) is 3.84. The van der Waals surface area contributed by atoms with Gasteiger partial charge in [-0.3, -0.25) is 4.79 Å². The quantitative estimate of drug-likeness (QED) is 0.669. The molecule has 1 heterocycles. The Morgan fingerprint density at radius 3 is 2.81 bits per heavy atom. The molecule has 21 heavy (non-hydrogen) atoms. The lowest BCUT2D eigenvalue weighted by Gasteiger charge is -2.05. The van der Waals surface area contributed by atoms with Crippen LogP contribution in [0.2, 0.25) is 0 Å². The first kappa shape index (κ1) is 14.4. The maximum atomic E-state index is 11.7. The third-order valence-corrected chi connectivity index (χ3v) is 4.58. The van der Waals surface area contributed by atoms with Gasteiger partial charge in [0.05, 0.1) is 11.0 Å². The minimum atomic E-state index is 0.0527. The molecule has 0 fully saturated rings. The van der Waals surface area contributed by atoms with Crippen LogP contribution >= 0.6 is 27.7 Å². The van der Waals surface area contributed by atoms with E-state index in [1.54, 1.807) is 6.92 Å². The number of carbonyl (C=O) groups is 1. The van der Waals surface area contributed by atoms with Crippen LogP contribution in [-0.2, 0) is 0 Å². The Morgan fingerprint density at radius 1 is 1.24 bits per heavy atom. The predicted molar refractivity (Wildman–Crippen MR) is 89.1 cm³/mol. The average molecular weight is 361 g/mol. The second-order valence-electron chi connectivity index (χ2n) is 4.86. The Labute approximate surface area is 135 Å². The third kappa shape index (κ3) is 3.04. The molecular formula is C16H13BrN2OS. The van der Waals surface area contributed by atoms with Crippen LogP contribution in [-0.4, -0.2) is 15.8 Å². The van der Waals surface area contributed by atoms with Crippen molar-refractivity contribution in [2.75, 3.05) is 0 Å². The maximum Gasteiger partial charge on any atom is 0.171 e. The smallest absolute Gasteiger partial charge is 0.171 e. The molecular weight excluding hydrogens is 348 g/mol. The predicted octanol–water partition coefficient (Wildman–Crippen LogP) is 4.99. The van der Waals surface area contributed by atoms with E-state index in [0.29, 0.717) is 5.56 Å². The van der Waals surface area contributed by atoms with E-state index < -0.39 is 0 Å². The van der Waals surface area contributed by atoms with Gasteiger partial charge in [-0.1, -0.05) is 33.8 Å². The van der Waals surface area contributed by atoms with Gasteiger partial charge in [-0.05, 0) is 49.7 Å². The monoisotopic (exact) mass is 360 g/mol. The summed E-state index contributed by atoms with van der Waals surface area (Å²) in [6, 6.07) is 11.8. The van der Waals surface area contributed by atoms with Gasteiger partial charge < -0.3 is 4.98 Å². The van der Waals surface area contributed by atoms with E-state index in [0.717, 1.165) is 25.6 Å². The average Bonchev–Trinajstić information content (AvgIpc) is 2.79. The summed E-state index contributed by atoms with van der Waals surface area (Å²) in [4.78, 5) is 20.5. The first-order valence-corrected chi connectivity index (χ1v) is 8.08. The highest BCUT2D eigenvalue weighted by Gasteiger charge is 2.12. The largest absolute Gasteiger partial charge is 0.333 e. The second-order valence-corrected chi connectivity index (χ2v) is 6.81. The number of aryl methyl sites for hydroxylation is 1. The number of carbonyl (C=O) groups excluding carboxylic acids is 1. The molecule has 0 amide bonds. The number of fused-ring (bicyclic) bond motifs is 1. The number of ketones is 1. The minimum Gasteiger partial charge on any atom is -0.333 e. The van der Waals surface area contributed by atoms with Gasteiger partial charge in [-0.15, -0.1) is 0 Å². The molecule has 0 saturated heterocycles. The highest BCUT2D eigenvalue weighted by atomic mass is 79.9. The zero-order valence-electron chi connectivity index (χ0n) is 11.6. The van der Waals surface area contributed by atoms with Crippen LogP contribution in [0.15, 0.2) is 50.9 Å². The second kappa shape index (κ2) is 5.66. The van der Waals surface area contributed by atoms with Crippen molar-refractivity contribution < 1.29 is 4.79 Å². The molecule has 0 aliphatic carbocycles. The number of hydrogen-bond acceptors (Lipinski definition) is 3. The van der Waals surface area contributed by atoms with Crippen LogP contribution in [0, 0.1) is 6.92 Å². The Bertz CT molecular complexity index is 841. The summed E-state index contributed by atoms with van der Waals surface area (Å²) in [5.74, 6) is 0.0527. The number of nitrogens with one attached hydrogen (secondary N) is 1. The fourth-order valence-electron chi connectivity index (χ4n) is 2.12. The van der Waals surface area contributed by atoms with E-state index in [1.165, 1.54) is 17.3 Å². The van der Waals surface area contributed by atoms with E-state index >= 15 is 0 Å². The molecule has 106 valence electrons. The van der Waals surface area contributed by atoms with E-state index in [9.17, 15) is 4.79 Å². The first-order valence-electron chi connectivity index (χ1n) is 6.47. The number of benzene rings is 2. The van der Waals surface area contributed by atoms with Crippen LogP contribution in [0.4, 0.5) is 0 Å². The van der Waals surface area contributed by atoms with Crippen LogP contribution < -0.4 is 0 Å². The van der Waals surface area contributed by atoms with Crippen molar-refractivity contribution >= 4 is 44.5 Å². The van der Waals surface area contributed by atoms with Crippen LogP contribution in [0.25, 0.3) is 11.0 Å². The molecule has 3 rings (SSSR count). The molecule has 0 saturated carbocycles. The molecule has 0 bridgehead atoms. The van der Waals surface area contributed by atoms with Crippen molar-refractivity contribution in [3.05, 3.63) is 52.0 Å². The molecule has 2 aromatic carbocycles. The Hall–Kier alpha value is -1.59. The van der Waals surface area contributed by atoms with Gasteiger partial charge in [0.2, 0.25) is 0 Å². The molecule has 1 N–H and O–H groups in total. The Balaban J connectivity index is 2.02. The van der Waals surface area contributed by atoms with Crippen molar-refractivity contribution in [3.63, 3.8) is 0 Å². The van der Waals surface area contributed by atoms with E-state index in [2.05, 4.69) is 38.9 Å². The Morgan fingerprint density at radius 2 is 2.05 bits per heavy atom. The summed E-state index contributed by atoms with van der Waals surface area (Å²) in [7, 11) is 0. The number of rotatable bonds is 3. The van der Waals surface area contributed by atoms with Crippen molar-refractivity contribution in [1.82, 2.24) is 9.97 Å². The highest BCUT2D eigenvalue weighted by Crippen LogP contribution is 2.32. The van der Waals surface area contributed by atoms with Crippen LogP contribution in [0.1, 0.15) is 22.8 Å². The van der Waals surface area contributed by atoms with Gasteiger partial charge >= 0.3 is 0 Å². The van der Waals surface area contributed by atoms with Crippen molar-refractivity contribution in [2.45, 2.75) is 23.9 Å². The van der Waals surface area contributed by atoms with Crippen molar-refractivity contribution in [3.8, 4) is 0 Å². The molecule has 5 heteroatoms. The number of aromatic nitrogens is 2. The number of H-pyrrole nitrogens is 1. The fourth-order valence-corrected chi connectivity index (χ4v) is 3.66. The summed E-state index contributed by atoms with van der Waals surface area (Å²) >= 11 is 4.92. The first-order chi connectivity index (χ1) is 10.0. The molecule has 0 spiro atoms. The van der Waals surface area contributed by atoms with Gasteiger partial charge in [0.1, 0.15) is 0 Å². The van der Waals surface area contributed by atoms with E-state index in [1.807, 2.05) is 30.3 Å². The van der Waals surface area contributed by atoms with Gasteiger partial charge in [0.25, 0.3) is 0 Å². The summed E-state index contributed by atoms with van der Waals surface area (Å²) in [5, 5.41) is 0.788. The number of hydrogen-bond donors (Lipinski definition) is 1. The number of aromatic amines is 1. The van der Waals surface area contributed by atoms with Crippen molar-refractivity contribution in [2.24, 2.45) is 0 Å².